The summed E-state index contributed by atoms with van der Waals surface area (Å²) < 4.78 is 1.38. The van der Waals surface area contributed by atoms with Gasteiger partial charge in [0.15, 0.2) is 0 Å². The molecule has 0 fully saturated rings. The van der Waals surface area contributed by atoms with Gasteiger partial charge in [0.05, 0.1) is 11.4 Å². The Balaban J connectivity index is 1.65. The smallest absolute Gasteiger partial charge is 0.116 e. The van der Waals surface area contributed by atoms with Crippen LogP contribution in [0.25, 0.3) is 43.4 Å². The molecule has 3 aromatic carbocycles. The van der Waals surface area contributed by atoms with Crippen molar-refractivity contribution in [3.63, 3.8) is 0 Å². The maximum Gasteiger partial charge on any atom is 0.116 e. The van der Waals surface area contributed by atoms with Crippen LogP contribution in [0.15, 0.2) is 72.4 Å². The lowest BCUT2D eigenvalue weighted by Gasteiger charge is -2.22. The predicted octanol–water partition coefficient (Wildman–Crippen LogP) is 8.67. The standard InChI is InChI=1S/C30H30N2S/c1-19(2)14-21-10-11-24(25-12-13-33-29(21)25)28-17-27(31-18-32-28)22-15-20-8-6-7-9-23(20)26(16-22)30(3,4)5/h6-13,15-19H,14H2,1-5H3. The second-order valence-corrected chi connectivity index (χ2v) is 11.2. The summed E-state index contributed by atoms with van der Waals surface area (Å²) in [5.41, 5.74) is 7.07. The topological polar surface area (TPSA) is 25.8 Å². The van der Waals surface area contributed by atoms with Crippen molar-refractivity contribution in [1.82, 2.24) is 9.97 Å². The normalized spacial score (nSPS) is 12.2. The van der Waals surface area contributed by atoms with Crippen LogP contribution in [-0.2, 0) is 11.8 Å². The summed E-state index contributed by atoms with van der Waals surface area (Å²) in [6, 6.07) is 22.1. The van der Waals surface area contributed by atoms with E-state index in [-0.39, 0.29) is 5.41 Å². The van der Waals surface area contributed by atoms with Crippen LogP contribution < -0.4 is 0 Å². The summed E-state index contributed by atoms with van der Waals surface area (Å²) in [7, 11) is 0. The van der Waals surface area contributed by atoms with E-state index in [1.807, 2.05) is 11.3 Å². The highest BCUT2D eigenvalue weighted by Gasteiger charge is 2.19. The molecule has 0 saturated heterocycles. The number of rotatable bonds is 4. The number of aromatic nitrogens is 2. The van der Waals surface area contributed by atoms with Gasteiger partial charge in [-0.15, -0.1) is 11.3 Å². The van der Waals surface area contributed by atoms with Crippen molar-refractivity contribution in [2.24, 2.45) is 5.92 Å². The lowest BCUT2D eigenvalue weighted by Crippen LogP contribution is -2.12. The Bertz CT molecular complexity index is 1450. The Hall–Kier alpha value is -3.04. The van der Waals surface area contributed by atoms with E-state index in [1.54, 1.807) is 6.33 Å². The first-order chi connectivity index (χ1) is 15.8. The van der Waals surface area contributed by atoms with Gasteiger partial charge >= 0.3 is 0 Å². The molecule has 0 atom stereocenters. The zero-order chi connectivity index (χ0) is 23.2. The van der Waals surface area contributed by atoms with E-state index in [4.69, 9.17) is 0 Å². The SMILES string of the molecule is CC(C)Cc1ccc(-c2cc(-c3cc(C(C)(C)C)c4ccccc4c3)ncn2)c2ccsc12. The van der Waals surface area contributed by atoms with Crippen LogP contribution in [-0.4, -0.2) is 9.97 Å². The summed E-state index contributed by atoms with van der Waals surface area (Å²) in [5.74, 6) is 0.636. The Morgan fingerprint density at radius 1 is 0.848 bits per heavy atom. The van der Waals surface area contributed by atoms with Crippen LogP contribution in [0.3, 0.4) is 0 Å². The molecule has 0 aliphatic carbocycles. The molecule has 3 heteroatoms. The van der Waals surface area contributed by atoms with Gasteiger partial charge in [0.2, 0.25) is 0 Å². The molecule has 2 aromatic heterocycles. The van der Waals surface area contributed by atoms with E-state index in [9.17, 15) is 0 Å². The van der Waals surface area contributed by atoms with Crippen molar-refractivity contribution in [1.29, 1.82) is 0 Å². The number of thiophene rings is 1. The lowest BCUT2D eigenvalue weighted by atomic mass is 9.82. The highest BCUT2D eigenvalue weighted by atomic mass is 32.1. The molecule has 0 aliphatic heterocycles. The molecule has 2 heterocycles. The number of fused-ring (bicyclic) bond motifs is 2. The molecule has 0 aliphatic rings. The largest absolute Gasteiger partial charge is 0.236 e. The van der Waals surface area contributed by atoms with Gasteiger partial charge in [0.25, 0.3) is 0 Å². The van der Waals surface area contributed by atoms with Crippen molar-refractivity contribution >= 4 is 32.2 Å². The van der Waals surface area contributed by atoms with Gasteiger partial charge in [-0.2, -0.15) is 0 Å². The van der Waals surface area contributed by atoms with E-state index in [2.05, 4.69) is 111 Å². The minimum absolute atomic E-state index is 0.0422. The second-order valence-electron chi connectivity index (χ2n) is 10.3. The fraction of sp³-hybridized carbons (Fsp3) is 0.267. The molecule has 0 N–H and O–H groups in total. The van der Waals surface area contributed by atoms with Crippen LogP contribution in [0.5, 0.6) is 0 Å². The first-order valence-corrected chi connectivity index (χ1v) is 12.5. The molecular weight excluding hydrogens is 420 g/mol. The van der Waals surface area contributed by atoms with Gasteiger partial charge in [-0.25, -0.2) is 9.97 Å². The summed E-state index contributed by atoms with van der Waals surface area (Å²) >= 11 is 1.83. The maximum atomic E-state index is 4.68. The fourth-order valence-corrected chi connectivity index (χ4v) is 5.63. The first kappa shape index (κ1) is 21.8. The molecule has 33 heavy (non-hydrogen) atoms. The third-order valence-corrected chi connectivity index (χ3v) is 7.22. The Kier molecular flexibility index (Phi) is 5.54. The predicted molar refractivity (Wildman–Crippen MR) is 143 cm³/mol. The number of benzene rings is 3. The van der Waals surface area contributed by atoms with E-state index in [0.717, 1.165) is 23.4 Å². The van der Waals surface area contributed by atoms with Gasteiger partial charge in [0, 0.05) is 21.2 Å². The molecule has 0 saturated carbocycles. The van der Waals surface area contributed by atoms with Crippen LogP contribution in [0.2, 0.25) is 0 Å². The molecule has 2 nitrogen and oxygen atoms in total. The summed E-state index contributed by atoms with van der Waals surface area (Å²) in [5, 5.41) is 6.04. The third kappa shape index (κ3) is 4.18. The molecule has 166 valence electrons. The molecule has 5 aromatic rings. The quantitative estimate of drug-likeness (QED) is 0.274. The van der Waals surface area contributed by atoms with Crippen molar-refractivity contribution in [3.8, 4) is 22.5 Å². The third-order valence-electron chi connectivity index (χ3n) is 6.24. The second kappa shape index (κ2) is 8.39. The van der Waals surface area contributed by atoms with Crippen molar-refractivity contribution < 1.29 is 0 Å². The van der Waals surface area contributed by atoms with E-state index >= 15 is 0 Å². The average molecular weight is 451 g/mol. The molecule has 5 rings (SSSR count). The van der Waals surface area contributed by atoms with E-state index in [0.29, 0.717) is 5.92 Å². The first-order valence-electron chi connectivity index (χ1n) is 11.7. The van der Waals surface area contributed by atoms with Crippen LogP contribution >= 0.6 is 11.3 Å². The van der Waals surface area contributed by atoms with Gasteiger partial charge in [-0.3, -0.25) is 0 Å². The zero-order valence-corrected chi connectivity index (χ0v) is 20.8. The molecule has 0 unspecified atom stereocenters. The Labute approximate surface area is 200 Å². The number of hydrogen-bond acceptors (Lipinski definition) is 3. The van der Waals surface area contributed by atoms with E-state index < -0.39 is 0 Å². The van der Waals surface area contributed by atoms with Crippen LogP contribution in [0, 0.1) is 5.92 Å². The van der Waals surface area contributed by atoms with Crippen LogP contribution in [0.4, 0.5) is 0 Å². The Morgan fingerprint density at radius 2 is 1.64 bits per heavy atom. The maximum absolute atomic E-state index is 4.68. The molecular formula is C30H30N2S. The highest BCUT2D eigenvalue weighted by molar-refractivity contribution is 7.17. The summed E-state index contributed by atoms with van der Waals surface area (Å²) in [6.45, 7) is 11.4. The molecule has 0 radical (unpaired) electrons. The molecule has 0 spiro atoms. The van der Waals surface area contributed by atoms with Crippen molar-refractivity contribution in [2.45, 2.75) is 46.5 Å². The fourth-order valence-electron chi connectivity index (χ4n) is 4.68. The monoisotopic (exact) mass is 450 g/mol. The van der Waals surface area contributed by atoms with Crippen LogP contribution in [0.1, 0.15) is 45.7 Å². The summed E-state index contributed by atoms with van der Waals surface area (Å²) in [4.78, 5) is 9.36. The van der Waals surface area contributed by atoms with Gasteiger partial charge < -0.3 is 0 Å². The summed E-state index contributed by atoms with van der Waals surface area (Å²) in [6.07, 6.45) is 2.80. The lowest BCUT2D eigenvalue weighted by molar-refractivity contribution is 0.596. The zero-order valence-electron chi connectivity index (χ0n) is 20.0. The Morgan fingerprint density at radius 3 is 2.42 bits per heavy atom. The highest BCUT2D eigenvalue weighted by Crippen LogP contribution is 2.37. The van der Waals surface area contributed by atoms with Crippen molar-refractivity contribution in [3.05, 3.63) is 83.5 Å². The average Bonchev–Trinajstić information content (AvgIpc) is 3.28. The molecule has 0 bridgehead atoms. The van der Waals surface area contributed by atoms with Gasteiger partial charge in [-0.1, -0.05) is 71.0 Å². The van der Waals surface area contributed by atoms with Crippen molar-refractivity contribution in [2.75, 3.05) is 0 Å². The molecule has 0 amide bonds. The minimum Gasteiger partial charge on any atom is -0.236 e. The van der Waals surface area contributed by atoms with Gasteiger partial charge in [0.1, 0.15) is 6.33 Å². The van der Waals surface area contributed by atoms with E-state index in [1.165, 1.54) is 37.5 Å². The number of nitrogens with zero attached hydrogens (tertiary/aromatic N) is 2. The minimum atomic E-state index is 0.0422. The number of hydrogen-bond donors (Lipinski definition) is 0. The van der Waals surface area contributed by atoms with Gasteiger partial charge in [-0.05, 0) is 69.3 Å².